The summed E-state index contributed by atoms with van der Waals surface area (Å²) in [7, 11) is -3.68. The molecule has 7 heteroatoms. The fraction of sp³-hybridized carbons (Fsp3) is 0.500. The molecule has 0 aliphatic heterocycles. The summed E-state index contributed by atoms with van der Waals surface area (Å²) >= 11 is 0. The average Bonchev–Trinajstić information content (AvgIpc) is 2.39. The number of hydrogen-bond acceptors (Lipinski definition) is 4. The fourth-order valence-corrected chi connectivity index (χ4v) is 3.33. The number of hydrogen-bond donors (Lipinski definition) is 1. The molecule has 0 bridgehead atoms. The van der Waals surface area contributed by atoms with Crippen LogP contribution in [0.25, 0.3) is 0 Å². The zero-order chi connectivity index (χ0) is 14.6. The van der Waals surface area contributed by atoms with Crippen molar-refractivity contribution in [2.45, 2.75) is 38.3 Å². The smallest absolute Gasteiger partial charge is 0.337 e. The molecule has 106 valence electrons. The molecule has 1 heterocycles. The topological polar surface area (TPSA) is 87.6 Å². The van der Waals surface area contributed by atoms with Crippen molar-refractivity contribution >= 4 is 16.0 Å². The molecule has 0 radical (unpaired) electrons. The van der Waals surface area contributed by atoms with Gasteiger partial charge in [0.2, 0.25) is 0 Å². The number of carbonyl (C=O) groups is 1. The zero-order valence-electron chi connectivity index (χ0n) is 11.2. The van der Waals surface area contributed by atoms with E-state index < -0.39 is 16.0 Å². The Morgan fingerprint density at radius 2 is 2.05 bits per heavy atom. The first-order valence-corrected chi connectivity index (χ1v) is 7.49. The number of rotatable bonds is 6. The van der Waals surface area contributed by atoms with Crippen molar-refractivity contribution in [3.05, 3.63) is 23.9 Å². The largest absolute Gasteiger partial charge is 0.478 e. The minimum atomic E-state index is -3.68. The number of aromatic nitrogens is 1. The van der Waals surface area contributed by atoms with Gasteiger partial charge in [-0.05, 0) is 25.5 Å². The van der Waals surface area contributed by atoms with E-state index in [1.54, 1.807) is 6.92 Å². The molecule has 0 aromatic carbocycles. The van der Waals surface area contributed by atoms with Crippen molar-refractivity contribution in [1.82, 2.24) is 9.29 Å². The second-order valence-electron chi connectivity index (χ2n) is 4.16. The first-order valence-electron chi connectivity index (χ1n) is 6.05. The molecule has 0 aliphatic carbocycles. The Hall–Kier alpha value is -1.47. The Bertz CT molecular complexity index is 539. The summed E-state index contributed by atoms with van der Waals surface area (Å²) in [6.45, 7) is 5.84. The van der Waals surface area contributed by atoms with Crippen LogP contribution < -0.4 is 0 Å². The summed E-state index contributed by atoms with van der Waals surface area (Å²) < 4.78 is 26.1. The highest BCUT2D eigenvalue weighted by Gasteiger charge is 2.28. The van der Waals surface area contributed by atoms with E-state index in [1.807, 2.05) is 13.8 Å². The second kappa shape index (κ2) is 6.12. The molecule has 0 aliphatic rings. The maximum Gasteiger partial charge on any atom is 0.337 e. The van der Waals surface area contributed by atoms with Crippen molar-refractivity contribution in [3.63, 3.8) is 0 Å². The molecule has 1 N–H and O–H groups in total. The van der Waals surface area contributed by atoms with Crippen LogP contribution in [0.15, 0.2) is 23.4 Å². The highest BCUT2D eigenvalue weighted by atomic mass is 32.2. The van der Waals surface area contributed by atoms with Crippen LogP contribution in [0.2, 0.25) is 0 Å². The number of pyridine rings is 1. The van der Waals surface area contributed by atoms with Gasteiger partial charge >= 0.3 is 5.97 Å². The van der Waals surface area contributed by atoms with E-state index in [-0.39, 0.29) is 16.6 Å². The van der Waals surface area contributed by atoms with Crippen LogP contribution in [0.1, 0.15) is 37.6 Å². The third-order valence-electron chi connectivity index (χ3n) is 2.95. The lowest BCUT2D eigenvalue weighted by Crippen LogP contribution is -2.38. The zero-order valence-corrected chi connectivity index (χ0v) is 12.0. The molecule has 1 atom stereocenters. The molecule has 1 rings (SSSR count). The molecule has 0 fully saturated rings. The highest BCUT2D eigenvalue weighted by molar-refractivity contribution is 7.89. The maximum atomic E-state index is 12.4. The van der Waals surface area contributed by atoms with Gasteiger partial charge < -0.3 is 5.11 Å². The number of carboxylic acid groups (broad SMARTS) is 1. The van der Waals surface area contributed by atoms with E-state index in [1.165, 1.54) is 16.4 Å². The summed E-state index contributed by atoms with van der Waals surface area (Å²) in [5, 5.41) is 8.63. The summed E-state index contributed by atoms with van der Waals surface area (Å²) in [4.78, 5) is 14.5. The summed E-state index contributed by atoms with van der Waals surface area (Å²) in [6.07, 6.45) is 1.75. The molecule has 0 saturated carbocycles. The standard InChI is InChI=1S/C12H18N2O4S/c1-4-9(3)14(5-2)19(17,18)11-7-6-10(8-13-11)12(15)16/h6-9H,4-5H2,1-3H3,(H,15,16). The number of carboxylic acids is 1. The summed E-state index contributed by atoms with van der Waals surface area (Å²) in [6, 6.07) is 2.34. The van der Waals surface area contributed by atoms with Gasteiger partial charge in [-0.3, -0.25) is 0 Å². The first kappa shape index (κ1) is 15.6. The summed E-state index contributed by atoms with van der Waals surface area (Å²) in [5.41, 5.74) is -0.0365. The monoisotopic (exact) mass is 286 g/mol. The van der Waals surface area contributed by atoms with Crippen LogP contribution in [0.4, 0.5) is 0 Å². The SMILES string of the molecule is CCC(C)N(CC)S(=O)(=O)c1ccc(C(=O)O)cn1. The van der Waals surface area contributed by atoms with E-state index >= 15 is 0 Å². The molecule has 0 amide bonds. The van der Waals surface area contributed by atoms with Gasteiger partial charge in [-0.25, -0.2) is 18.2 Å². The Morgan fingerprint density at radius 1 is 1.42 bits per heavy atom. The Labute approximate surface area is 113 Å². The Kier molecular flexibility index (Phi) is 5.02. The quantitative estimate of drug-likeness (QED) is 0.858. The molecule has 0 spiro atoms. The molecule has 1 aromatic heterocycles. The first-order chi connectivity index (χ1) is 8.84. The van der Waals surface area contributed by atoms with Gasteiger partial charge in [0.15, 0.2) is 5.03 Å². The van der Waals surface area contributed by atoms with Crippen LogP contribution in [0, 0.1) is 0 Å². The van der Waals surface area contributed by atoms with Crippen LogP contribution >= 0.6 is 0 Å². The van der Waals surface area contributed by atoms with Gasteiger partial charge in [-0.2, -0.15) is 4.31 Å². The van der Waals surface area contributed by atoms with Gasteiger partial charge in [0, 0.05) is 18.8 Å². The Balaban J connectivity index is 3.15. The Morgan fingerprint density at radius 3 is 2.42 bits per heavy atom. The minimum absolute atomic E-state index is 0.0365. The lowest BCUT2D eigenvalue weighted by molar-refractivity contribution is 0.0696. The second-order valence-corrected chi connectivity index (χ2v) is 5.99. The molecule has 6 nitrogen and oxygen atoms in total. The molecular formula is C12H18N2O4S. The van der Waals surface area contributed by atoms with Crippen LogP contribution in [-0.4, -0.2) is 41.4 Å². The van der Waals surface area contributed by atoms with Crippen LogP contribution in [0.5, 0.6) is 0 Å². The molecular weight excluding hydrogens is 268 g/mol. The van der Waals surface area contributed by atoms with Crippen molar-refractivity contribution in [2.24, 2.45) is 0 Å². The van der Waals surface area contributed by atoms with Gasteiger partial charge in [0.05, 0.1) is 5.56 Å². The van der Waals surface area contributed by atoms with Gasteiger partial charge in [-0.1, -0.05) is 13.8 Å². The lowest BCUT2D eigenvalue weighted by atomic mass is 10.3. The fourth-order valence-electron chi connectivity index (χ4n) is 1.70. The number of nitrogens with zero attached hydrogens (tertiary/aromatic N) is 2. The molecule has 19 heavy (non-hydrogen) atoms. The van der Waals surface area contributed by atoms with Crippen LogP contribution in [-0.2, 0) is 10.0 Å². The number of aromatic carboxylic acids is 1. The number of sulfonamides is 1. The average molecular weight is 286 g/mol. The predicted octanol–water partition coefficient (Wildman–Crippen LogP) is 1.59. The predicted molar refractivity (Wildman–Crippen MR) is 70.5 cm³/mol. The van der Waals surface area contributed by atoms with Gasteiger partial charge in [0.25, 0.3) is 10.0 Å². The summed E-state index contributed by atoms with van der Waals surface area (Å²) in [5.74, 6) is -1.13. The van der Waals surface area contributed by atoms with Crippen molar-refractivity contribution in [1.29, 1.82) is 0 Å². The normalized spacial score (nSPS) is 13.5. The third-order valence-corrected chi connectivity index (χ3v) is 4.96. The van der Waals surface area contributed by atoms with Crippen molar-refractivity contribution < 1.29 is 18.3 Å². The van der Waals surface area contributed by atoms with E-state index in [2.05, 4.69) is 4.98 Å². The molecule has 0 saturated heterocycles. The van der Waals surface area contributed by atoms with Crippen molar-refractivity contribution in [2.75, 3.05) is 6.54 Å². The van der Waals surface area contributed by atoms with Crippen molar-refractivity contribution in [3.8, 4) is 0 Å². The minimum Gasteiger partial charge on any atom is -0.478 e. The maximum absolute atomic E-state index is 12.4. The van der Waals surface area contributed by atoms with Gasteiger partial charge in [-0.15, -0.1) is 0 Å². The molecule has 1 unspecified atom stereocenters. The van der Waals surface area contributed by atoms with Gasteiger partial charge in [0.1, 0.15) is 0 Å². The molecule has 1 aromatic rings. The van der Waals surface area contributed by atoms with E-state index in [9.17, 15) is 13.2 Å². The van der Waals surface area contributed by atoms with E-state index in [4.69, 9.17) is 5.11 Å². The van der Waals surface area contributed by atoms with E-state index in [0.717, 1.165) is 6.20 Å². The van der Waals surface area contributed by atoms with Crippen LogP contribution in [0.3, 0.4) is 0 Å². The third kappa shape index (κ3) is 3.30. The van der Waals surface area contributed by atoms with E-state index in [0.29, 0.717) is 13.0 Å². The highest BCUT2D eigenvalue weighted by Crippen LogP contribution is 2.17. The lowest BCUT2D eigenvalue weighted by Gasteiger charge is -2.25.